The second-order valence-corrected chi connectivity index (χ2v) is 9.39. The summed E-state index contributed by atoms with van der Waals surface area (Å²) in [5.41, 5.74) is 1.16. The van der Waals surface area contributed by atoms with Gasteiger partial charge in [-0.05, 0) is 48.6 Å². The van der Waals surface area contributed by atoms with Crippen molar-refractivity contribution < 1.29 is 22.4 Å². The number of aromatic nitrogens is 2. The number of thiophene rings is 1. The van der Waals surface area contributed by atoms with Crippen LogP contribution in [-0.2, 0) is 14.8 Å². The molecule has 152 valence electrons. The maximum absolute atomic E-state index is 13.1. The van der Waals surface area contributed by atoms with Gasteiger partial charge in [0, 0.05) is 24.0 Å². The lowest BCUT2D eigenvalue weighted by Crippen LogP contribution is -2.39. The van der Waals surface area contributed by atoms with E-state index in [1.165, 1.54) is 35.7 Å². The number of benzene rings is 1. The molecule has 0 bridgehead atoms. The van der Waals surface area contributed by atoms with Crippen LogP contribution in [-0.4, -0.2) is 49.1 Å². The molecule has 1 aliphatic rings. The molecule has 0 spiro atoms. The minimum atomic E-state index is -3.70. The smallest absolute Gasteiger partial charge is 0.337 e. The maximum atomic E-state index is 13.1. The van der Waals surface area contributed by atoms with E-state index in [-0.39, 0.29) is 17.4 Å². The fourth-order valence-electron chi connectivity index (χ4n) is 3.29. The van der Waals surface area contributed by atoms with Gasteiger partial charge in [-0.3, -0.25) is 0 Å². The molecular formula is C19H19N3O5S2. The summed E-state index contributed by atoms with van der Waals surface area (Å²) in [7, 11) is -2.42. The molecule has 1 aromatic carbocycles. The molecule has 0 aliphatic carbocycles. The quantitative estimate of drug-likeness (QED) is 0.570. The van der Waals surface area contributed by atoms with Crippen molar-refractivity contribution >= 4 is 27.3 Å². The van der Waals surface area contributed by atoms with Crippen LogP contribution in [0.5, 0.6) is 0 Å². The highest BCUT2D eigenvalue weighted by molar-refractivity contribution is 7.89. The molecule has 1 fully saturated rings. The summed E-state index contributed by atoms with van der Waals surface area (Å²) < 4.78 is 38.0. The number of piperidine rings is 1. The molecule has 10 heteroatoms. The zero-order chi connectivity index (χ0) is 20.4. The number of esters is 1. The van der Waals surface area contributed by atoms with Gasteiger partial charge in [0.15, 0.2) is 0 Å². The van der Waals surface area contributed by atoms with Crippen molar-refractivity contribution in [2.75, 3.05) is 20.2 Å². The van der Waals surface area contributed by atoms with E-state index in [1.807, 2.05) is 16.8 Å². The summed E-state index contributed by atoms with van der Waals surface area (Å²) in [5.74, 6) is 0.226. The maximum Gasteiger partial charge on any atom is 0.337 e. The van der Waals surface area contributed by atoms with Crippen molar-refractivity contribution in [3.8, 4) is 11.5 Å². The van der Waals surface area contributed by atoms with E-state index < -0.39 is 16.0 Å². The zero-order valence-corrected chi connectivity index (χ0v) is 17.3. The van der Waals surface area contributed by atoms with E-state index in [9.17, 15) is 13.2 Å². The minimum absolute atomic E-state index is 0.135. The molecule has 0 radical (unpaired) electrons. The monoisotopic (exact) mass is 433 g/mol. The normalized spacial score (nSPS) is 17.9. The fourth-order valence-corrected chi connectivity index (χ4v) is 5.45. The van der Waals surface area contributed by atoms with Gasteiger partial charge in [0.05, 0.1) is 23.5 Å². The van der Waals surface area contributed by atoms with Crippen LogP contribution in [0.4, 0.5) is 0 Å². The first-order valence-corrected chi connectivity index (χ1v) is 11.4. The Morgan fingerprint density at radius 2 is 2.03 bits per heavy atom. The van der Waals surface area contributed by atoms with Crippen LogP contribution in [0.2, 0.25) is 0 Å². The average molecular weight is 434 g/mol. The highest BCUT2D eigenvalue weighted by atomic mass is 32.2. The molecule has 3 heterocycles. The van der Waals surface area contributed by atoms with Crippen molar-refractivity contribution in [1.29, 1.82) is 0 Å². The van der Waals surface area contributed by atoms with Crippen LogP contribution in [0.3, 0.4) is 0 Å². The van der Waals surface area contributed by atoms with E-state index in [0.717, 1.165) is 12.0 Å². The third kappa shape index (κ3) is 3.96. The van der Waals surface area contributed by atoms with Crippen molar-refractivity contribution in [2.45, 2.75) is 23.7 Å². The number of ether oxygens (including phenoxy) is 1. The summed E-state index contributed by atoms with van der Waals surface area (Å²) in [6.45, 7) is 0.690. The molecule has 1 aliphatic heterocycles. The summed E-state index contributed by atoms with van der Waals surface area (Å²) in [6, 6.07) is 7.65. The lowest BCUT2D eigenvalue weighted by molar-refractivity contribution is 0.0600. The lowest BCUT2D eigenvalue weighted by atomic mass is 10.00. The Balaban J connectivity index is 1.52. The third-order valence-electron chi connectivity index (χ3n) is 4.86. The fraction of sp³-hybridized carbons (Fsp3) is 0.316. The number of methoxy groups -OCH3 is 1. The Kier molecular flexibility index (Phi) is 5.48. The number of carbonyl (C=O) groups excluding carboxylic acids is 1. The summed E-state index contributed by atoms with van der Waals surface area (Å²) in [4.78, 5) is 11.7. The molecule has 29 heavy (non-hydrogen) atoms. The molecular weight excluding hydrogens is 414 g/mol. The summed E-state index contributed by atoms with van der Waals surface area (Å²) in [5, 5.41) is 12.1. The van der Waals surface area contributed by atoms with Crippen LogP contribution in [0.1, 0.15) is 35.0 Å². The van der Waals surface area contributed by atoms with Gasteiger partial charge >= 0.3 is 5.97 Å². The van der Waals surface area contributed by atoms with Crippen molar-refractivity contribution in [1.82, 2.24) is 14.5 Å². The molecule has 1 saturated heterocycles. The summed E-state index contributed by atoms with van der Waals surface area (Å²) in [6.07, 6.45) is 1.47. The number of nitrogens with zero attached hydrogens (tertiary/aromatic N) is 3. The SMILES string of the molecule is COC(=O)c1ccc(S(=O)(=O)N2CCC[C@H](c3nnc(-c4ccsc4)o3)C2)cc1. The largest absolute Gasteiger partial charge is 0.465 e. The predicted molar refractivity (Wildman–Crippen MR) is 106 cm³/mol. The zero-order valence-electron chi connectivity index (χ0n) is 15.6. The van der Waals surface area contributed by atoms with E-state index in [0.29, 0.717) is 30.3 Å². The van der Waals surface area contributed by atoms with Gasteiger partial charge in [0.2, 0.25) is 21.8 Å². The van der Waals surface area contributed by atoms with Gasteiger partial charge in [-0.2, -0.15) is 15.6 Å². The highest BCUT2D eigenvalue weighted by Crippen LogP contribution is 2.31. The minimum Gasteiger partial charge on any atom is -0.465 e. The standard InChI is InChI=1S/C19H19N3O5S2/c1-26-19(23)13-4-6-16(7-5-13)29(24,25)22-9-2-3-14(11-22)17-20-21-18(27-17)15-8-10-28-12-15/h4-8,10,12,14H,2-3,9,11H2,1H3/t14-/m0/s1. The number of rotatable bonds is 5. The Morgan fingerprint density at radius 1 is 1.24 bits per heavy atom. The van der Waals surface area contributed by atoms with Crippen LogP contribution in [0.25, 0.3) is 11.5 Å². The van der Waals surface area contributed by atoms with E-state index in [4.69, 9.17) is 4.42 Å². The third-order valence-corrected chi connectivity index (χ3v) is 7.42. The van der Waals surface area contributed by atoms with E-state index in [1.54, 1.807) is 11.3 Å². The van der Waals surface area contributed by atoms with Gasteiger partial charge in [0.1, 0.15) is 0 Å². The summed E-state index contributed by atoms with van der Waals surface area (Å²) >= 11 is 1.54. The Morgan fingerprint density at radius 3 is 2.72 bits per heavy atom. The second kappa shape index (κ2) is 8.05. The Labute approximate surface area is 172 Å². The molecule has 2 aromatic heterocycles. The molecule has 0 N–H and O–H groups in total. The van der Waals surface area contributed by atoms with Gasteiger partial charge in [-0.15, -0.1) is 10.2 Å². The van der Waals surface area contributed by atoms with Crippen LogP contribution in [0, 0.1) is 0 Å². The van der Waals surface area contributed by atoms with Crippen molar-refractivity contribution in [2.24, 2.45) is 0 Å². The first-order valence-electron chi connectivity index (χ1n) is 9.03. The van der Waals surface area contributed by atoms with Crippen LogP contribution in [0.15, 0.2) is 50.4 Å². The van der Waals surface area contributed by atoms with E-state index in [2.05, 4.69) is 14.9 Å². The predicted octanol–water partition coefficient (Wildman–Crippen LogP) is 3.15. The molecule has 8 nitrogen and oxygen atoms in total. The second-order valence-electron chi connectivity index (χ2n) is 6.68. The first-order chi connectivity index (χ1) is 14.0. The molecule has 4 rings (SSSR count). The molecule has 3 aromatic rings. The highest BCUT2D eigenvalue weighted by Gasteiger charge is 2.33. The van der Waals surface area contributed by atoms with E-state index >= 15 is 0 Å². The molecule has 1 atom stereocenters. The van der Waals surface area contributed by atoms with Crippen LogP contribution < -0.4 is 0 Å². The topological polar surface area (TPSA) is 103 Å². The molecule has 0 unspecified atom stereocenters. The van der Waals surface area contributed by atoms with Crippen molar-refractivity contribution in [3.05, 3.63) is 52.5 Å². The van der Waals surface area contributed by atoms with Gasteiger partial charge in [0.25, 0.3) is 0 Å². The Bertz CT molecular complexity index is 1090. The van der Waals surface area contributed by atoms with Crippen LogP contribution >= 0.6 is 11.3 Å². The number of sulfonamides is 1. The first kappa shape index (κ1) is 19.7. The van der Waals surface area contributed by atoms with Gasteiger partial charge in [-0.25, -0.2) is 13.2 Å². The number of hydrogen-bond acceptors (Lipinski definition) is 8. The number of hydrogen-bond donors (Lipinski definition) is 0. The van der Waals surface area contributed by atoms with Gasteiger partial charge in [-0.1, -0.05) is 0 Å². The molecule has 0 amide bonds. The average Bonchev–Trinajstić information content (AvgIpc) is 3.45. The van der Waals surface area contributed by atoms with Gasteiger partial charge < -0.3 is 9.15 Å². The molecule has 0 saturated carbocycles. The number of carbonyl (C=O) groups is 1. The lowest BCUT2D eigenvalue weighted by Gasteiger charge is -2.30. The Hall–Kier alpha value is -2.56. The van der Waals surface area contributed by atoms with Crippen molar-refractivity contribution in [3.63, 3.8) is 0 Å².